The van der Waals surface area contributed by atoms with Crippen LogP contribution >= 0.6 is 0 Å². The topological polar surface area (TPSA) is 89.6 Å². The molecule has 0 aliphatic heterocycles. The van der Waals surface area contributed by atoms with Gasteiger partial charge in [-0.2, -0.15) is 13.2 Å². The molecule has 1 amide bonds. The number of amides is 1. The number of nitrogens with zero attached hydrogens (tertiary/aromatic N) is 2. The average molecular weight is 330 g/mol. The molecule has 1 aromatic heterocycles. The number of hydrogen-bond acceptors (Lipinski definition) is 5. The molecule has 0 aliphatic rings. The van der Waals surface area contributed by atoms with E-state index in [1.165, 1.54) is 24.5 Å². The Morgan fingerprint density at radius 2 is 1.87 bits per heavy atom. The van der Waals surface area contributed by atoms with Crippen molar-refractivity contribution in [1.29, 1.82) is 0 Å². The van der Waals surface area contributed by atoms with E-state index >= 15 is 0 Å². The van der Waals surface area contributed by atoms with Gasteiger partial charge in [-0.3, -0.25) is 10.3 Å². The van der Waals surface area contributed by atoms with Crippen LogP contribution in [0.1, 0.15) is 20.8 Å². The molecule has 3 N–H and O–H groups in total. The van der Waals surface area contributed by atoms with Crippen LogP contribution in [0.5, 0.6) is 0 Å². The van der Waals surface area contributed by atoms with E-state index < -0.39 is 29.3 Å². The van der Waals surface area contributed by atoms with Crippen molar-refractivity contribution in [2.75, 3.05) is 0 Å². The van der Waals surface area contributed by atoms with Crippen molar-refractivity contribution in [2.24, 2.45) is 10.7 Å². The van der Waals surface area contributed by atoms with Crippen molar-refractivity contribution in [3.63, 3.8) is 0 Å². The summed E-state index contributed by atoms with van der Waals surface area (Å²) in [4.78, 5) is 18.8. The number of rotatable bonds is 3. The fraction of sp³-hybridized carbons (Fsp3) is 0.357. The van der Waals surface area contributed by atoms with Gasteiger partial charge < -0.3 is 10.5 Å². The van der Waals surface area contributed by atoms with E-state index in [0.29, 0.717) is 6.20 Å². The zero-order chi connectivity index (χ0) is 17.7. The Balaban J connectivity index is 3.11. The number of allylic oxidation sites excluding steroid dienone is 1. The maximum absolute atomic E-state index is 13.2. The number of aliphatic imine (C=N–C) groups is 1. The minimum atomic E-state index is -4.83. The van der Waals surface area contributed by atoms with E-state index in [4.69, 9.17) is 10.5 Å². The van der Waals surface area contributed by atoms with E-state index in [1.807, 2.05) is 5.32 Å². The van der Waals surface area contributed by atoms with Crippen LogP contribution < -0.4 is 11.1 Å². The molecule has 0 atom stereocenters. The van der Waals surface area contributed by atoms with E-state index in [2.05, 4.69) is 9.98 Å². The van der Waals surface area contributed by atoms with Crippen LogP contribution in [0.15, 0.2) is 41.4 Å². The van der Waals surface area contributed by atoms with Crippen molar-refractivity contribution in [3.8, 4) is 0 Å². The summed E-state index contributed by atoms with van der Waals surface area (Å²) in [6, 6.07) is 2.57. The zero-order valence-corrected chi connectivity index (χ0v) is 12.8. The highest BCUT2D eigenvalue weighted by atomic mass is 19.4. The molecule has 0 radical (unpaired) electrons. The van der Waals surface area contributed by atoms with Gasteiger partial charge >= 0.3 is 12.3 Å². The molecular formula is C14H17F3N4O2. The first-order valence-corrected chi connectivity index (χ1v) is 6.51. The number of hydrogen-bond donors (Lipinski definition) is 2. The van der Waals surface area contributed by atoms with Gasteiger partial charge in [0, 0.05) is 18.6 Å². The number of halogens is 3. The first-order chi connectivity index (χ1) is 10.5. The van der Waals surface area contributed by atoms with Crippen LogP contribution in [-0.2, 0) is 4.74 Å². The van der Waals surface area contributed by atoms with Crippen molar-refractivity contribution in [3.05, 3.63) is 36.4 Å². The highest BCUT2D eigenvalue weighted by Crippen LogP contribution is 2.24. The fourth-order valence-electron chi connectivity index (χ4n) is 1.42. The summed E-state index contributed by atoms with van der Waals surface area (Å²) in [5.41, 5.74) is 2.30. The third-order valence-corrected chi connectivity index (χ3v) is 2.23. The van der Waals surface area contributed by atoms with Crippen LogP contribution in [0.3, 0.4) is 0 Å². The summed E-state index contributed by atoms with van der Waals surface area (Å²) in [6.07, 6.45) is -2.71. The van der Waals surface area contributed by atoms with Gasteiger partial charge in [-0.05, 0) is 32.9 Å². The van der Waals surface area contributed by atoms with E-state index in [0.717, 1.165) is 0 Å². The van der Waals surface area contributed by atoms with Crippen LogP contribution in [0.2, 0.25) is 0 Å². The summed E-state index contributed by atoms with van der Waals surface area (Å²) >= 11 is 0. The highest BCUT2D eigenvalue weighted by molar-refractivity contribution is 6.07. The van der Waals surface area contributed by atoms with Crippen molar-refractivity contribution < 1.29 is 22.7 Å². The lowest BCUT2D eigenvalue weighted by Crippen LogP contribution is -2.38. The number of aromatic nitrogens is 1. The third-order valence-electron chi connectivity index (χ3n) is 2.23. The Kier molecular flexibility index (Phi) is 5.72. The second-order valence-electron chi connectivity index (χ2n) is 5.37. The van der Waals surface area contributed by atoms with Gasteiger partial charge in [0.05, 0.1) is 11.4 Å². The number of carbonyl (C=O) groups is 1. The first kappa shape index (κ1) is 18.5. The van der Waals surface area contributed by atoms with Gasteiger partial charge in [0.15, 0.2) is 5.71 Å². The number of carbonyl (C=O) groups excluding carboxylic acids is 1. The molecule has 0 saturated heterocycles. The molecule has 0 fully saturated rings. The summed E-state index contributed by atoms with van der Waals surface area (Å²) in [6.45, 7) is 4.73. The van der Waals surface area contributed by atoms with E-state index in [9.17, 15) is 18.0 Å². The Hall–Kier alpha value is -2.58. The molecule has 0 saturated carbocycles. The van der Waals surface area contributed by atoms with Crippen molar-refractivity contribution in [1.82, 2.24) is 10.3 Å². The number of nitrogens with two attached hydrogens (primary N) is 1. The second-order valence-corrected chi connectivity index (χ2v) is 5.37. The lowest BCUT2D eigenvalue weighted by molar-refractivity contribution is -0.0584. The van der Waals surface area contributed by atoms with Gasteiger partial charge in [-0.1, -0.05) is 0 Å². The minimum Gasteiger partial charge on any atom is -0.444 e. The van der Waals surface area contributed by atoms with Gasteiger partial charge in [-0.25, -0.2) is 9.79 Å². The number of pyridine rings is 1. The Labute approximate surface area is 131 Å². The van der Waals surface area contributed by atoms with Crippen LogP contribution in [0.25, 0.3) is 0 Å². The molecular weight excluding hydrogens is 313 g/mol. The lowest BCUT2D eigenvalue weighted by atomic mass is 10.2. The molecule has 0 unspecified atom stereocenters. The monoisotopic (exact) mass is 330 g/mol. The van der Waals surface area contributed by atoms with Crippen LogP contribution in [0.4, 0.5) is 23.7 Å². The number of alkyl halides is 3. The highest BCUT2D eigenvalue weighted by Gasteiger charge is 2.39. The maximum atomic E-state index is 13.2. The normalized spacial score (nSPS) is 13.7. The smallest absolute Gasteiger partial charge is 0.435 e. The number of nitrogens with one attached hydrogen (secondary N) is 1. The van der Waals surface area contributed by atoms with Gasteiger partial charge in [0.25, 0.3) is 0 Å². The first-order valence-electron chi connectivity index (χ1n) is 6.51. The molecule has 0 bridgehead atoms. The molecule has 1 aromatic rings. The number of ether oxygens (including phenoxy) is 1. The fourth-order valence-corrected chi connectivity index (χ4v) is 1.42. The van der Waals surface area contributed by atoms with Crippen LogP contribution in [0, 0.1) is 0 Å². The summed E-state index contributed by atoms with van der Waals surface area (Å²) < 4.78 is 44.5. The quantitative estimate of drug-likeness (QED) is 0.834. The third kappa shape index (κ3) is 6.37. The standard InChI is InChI=1S/C14H17F3N4O2/c1-13(2,3)23-12(22)21-10(8-18)11(14(15,16)17)20-9-4-6-19-7-5-9/h4-8H,18H2,1-3H3,(H,21,22)/b10-8+,20-11?. The van der Waals surface area contributed by atoms with Gasteiger partial charge in [0.1, 0.15) is 5.60 Å². The molecule has 9 heteroatoms. The predicted octanol–water partition coefficient (Wildman–Crippen LogP) is 3.04. The lowest BCUT2D eigenvalue weighted by Gasteiger charge is -2.21. The minimum absolute atomic E-state index is 0.0117. The molecule has 1 rings (SSSR count). The van der Waals surface area contributed by atoms with Crippen molar-refractivity contribution in [2.45, 2.75) is 32.5 Å². The molecule has 1 heterocycles. The van der Waals surface area contributed by atoms with E-state index in [-0.39, 0.29) is 5.69 Å². The number of alkyl carbamates (subject to hydrolysis) is 1. The Morgan fingerprint density at radius 1 is 1.30 bits per heavy atom. The molecule has 6 nitrogen and oxygen atoms in total. The Bertz CT molecular complexity index is 605. The predicted molar refractivity (Wildman–Crippen MR) is 79.0 cm³/mol. The molecule has 126 valence electrons. The maximum Gasteiger partial charge on any atom is 0.435 e. The summed E-state index contributed by atoms with van der Waals surface area (Å²) in [5.74, 6) is 0. The molecule has 0 aliphatic carbocycles. The molecule has 0 aromatic carbocycles. The van der Waals surface area contributed by atoms with Crippen molar-refractivity contribution >= 4 is 17.5 Å². The summed E-state index contributed by atoms with van der Waals surface area (Å²) in [7, 11) is 0. The average Bonchev–Trinajstić information content (AvgIpc) is 2.40. The zero-order valence-electron chi connectivity index (χ0n) is 12.8. The van der Waals surface area contributed by atoms with E-state index in [1.54, 1.807) is 20.8 Å². The van der Waals surface area contributed by atoms with Gasteiger partial charge in [-0.15, -0.1) is 0 Å². The SMILES string of the molecule is CC(C)(C)OC(=O)N/C(=C/N)C(=Nc1ccncc1)C(F)(F)F. The molecule has 23 heavy (non-hydrogen) atoms. The molecule has 0 spiro atoms. The second kappa shape index (κ2) is 7.12. The Morgan fingerprint density at radius 3 is 2.30 bits per heavy atom. The summed E-state index contributed by atoms with van der Waals surface area (Å²) in [5, 5.41) is 1.96. The van der Waals surface area contributed by atoms with Crippen LogP contribution in [-0.4, -0.2) is 28.6 Å². The van der Waals surface area contributed by atoms with Gasteiger partial charge in [0.2, 0.25) is 0 Å². The largest absolute Gasteiger partial charge is 0.444 e.